The Morgan fingerprint density at radius 1 is 1.23 bits per heavy atom. The van der Waals surface area contributed by atoms with E-state index in [4.69, 9.17) is 17.3 Å². The zero-order valence-corrected chi connectivity index (χ0v) is 12.4. The molecule has 1 aromatic rings. The first kappa shape index (κ1) is 15.8. The molecule has 9 nitrogen and oxygen atoms in total. The van der Waals surface area contributed by atoms with Gasteiger partial charge in [0.25, 0.3) is 5.96 Å². The summed E-state index contributed by atoms with van der Waals surface area (Å²) in [6, 6.07) is 6.54. The summed E-state index contributed by atoms with van der Waals surface area (Å²) in [5, 5.41) is 15.8. The van der Waals surface area contributed by atoms with Gasteiger partial charge < -0.3 is 20.9 Å². The molecule has 2 amide bonds. The molecular formula is C12H15ClN6O3. The highest BCUT2D eigenvalue weighted by atomic mass is 35.5. The second kappa shape index (κ2) is 6.94. The first-order chi connectivity index (χ1) is 10.5. The van der Waals surface area contributed by atoms with Gasteiger partial charge in [-0.25, -0.2) is 14.9 Å². The van der Waals surface area contributed by atoms with E-state index in [0.29, 0.717) is 36.9 Å². The standard InChI is InChI=1S/C12H15ClN6O3/c13-9-1-3-10(4-2-9)15-12(20)18-7-5-17(6-8-18)11(14)16-19(21)22/h1-4H,5-8H2,(H2,14,16)(H,15,20). The summed E-state index contributed by atoms with van der Waals surface area (Å²) in [5.41, 5.74) is 6.16. The van der Waals surface area contributed by atoms with E-state index in [1.54, 1.807) is 34.1 Å². The molecule has 0 bridgehead atoms. The van der Waals surface area contributed by atoms with Gasteiger partial charge in [0.2, 0.25) is 0 Å². The number of nitrogens with two attached hydrogens (primary N) is 1. The number of hydrazone groups is 1. The van der Waals surface area contributed by atoms with E-state index < -0.39 is 5.03 Å². The number of nitrogens with one attached hydrogen (secondary N) is 1. The van der Waals surface area contributed by atoms with Crippen molar-refractivity contribution in [2.45, 2.75) is 0 Å². The van der Waals surface area contributed by atoms with Crippen molar-refractivity contribution in [3.8, 4) is 0 Å². The van der Waals surface area contributed by atoms with E-state index in [1.165, 1.54) is 0 Å². The average molecular weight is 327 g/mol. The first-order valence-electron chi connectivity index (χ1n) is 6.50. The molecule has 1 saturated heterocycles. The average Bonchev–Trinajstić information content (AvgIpc) is 2.49. The Morgan fingerprint density at radius 3 is 2.32 bits per heavy atom. The number of urea groups is 1. The van der Waals surface area contributed by atoms with Crippen molar-refractivity contribution >= 4 is 29.3 Å². The van der Waals surface area contributed by atoms with Gasteiger partial charge in [-0.15, -0.1) is 0 Å². The van der Waals surface area contributed by atoms with Crippen molar-refractivity contribution in [2.24, 2.45) is 10.8 Å². The molecule has 0 unspecified atom stereocenters. The minimum atomic E-state index is -0.838. The van der Waals surface area contributed by atoms with Crippen LogP contribution in [0.1, 0.15) is 0 Å². The summed E-state index contributed by atoms with van der Waals surface area (Å²) in [6.07, 6.45) is 0. The molecule has 10 heteroatoms. The summed E-state index contributed by atoms with van der Waals surface area (Å²) < 4.78 is 0. The maximum absolute atomic E-state index is 12.1. The number of nitro groups is 1. The number of guanidine groups is 1. The molecule has 1 aliphatic heterocycles. The van der Waals surface area contributed by atoms with Gasteiger partial charge in [-0.2, -0.15) is 0 Å². The van der Waals surface area contributed by atoms with Crippen molar-refractivity contribution < 1.29 is 9.83 Å². The minimum absolute atomic E-state index is 0.150. The third-order valence-corrected chi connectivity index (χ3v) is 3.42. The summed E-state index contributed by atoms with van der Waals surface area (Å²) in [5.74, 6) is -0.150. The van der Waals surface area contributed by atoms with Crippen molar-refractivity contribution in [3.05, 3.63) is 39.4 Å². The van der Waals surface area contributed by atoms with E-state index in [0.717, 1.165) is 0 Å². The third-order valence-electron chi connectivity index (χ3n) is 3.17. The number of amides is 2. The Balaban J connectivity index is 1.87. The second-order valence-electron chi connectivity index (χ2n) is 4.61. The van der Waals surface area contributed by atoms with Crippen LogP contribution in [0.3, 0.4) is 0 Å². The predicted octanol–water partition coefficient (Wildman–Crippen LogP) is 0.996. The molecule has 0 saturated carbocycles. The SMILES string of the molecule is NC(=N[N+](=O)[O-])N1CCN(C(=O)Nc2ccc(Cl)cc2)CC1. The van der Waals surface area contributed by atoms with Gasteiger partial charge in [0.15, 0.2) is 5.03 Å². The van der Waals surface area contributed by atoms with Gasteiger partial charge in [0, 0.05) is 36.9 Å². The molecule has 0 aromatic heterocycles. The quantitative estimate of drug-likeness (QED) is 0.364. The van der Waals surface area contributed by atoms with E-state index in [2.05, 4.69) is 10.4 Å². The predicted molar refractivity (Wildman–Crippen MR) is 82.2 cm³/mol. The van der Waals surface area contributed by atoms with Gasteiger partial charge in [0.1, 0.15) is 5.10 Å². The molecule has 2 rings (SSSR count). The molecule has 1 heterocycles. The fraction of sp³-hybridized carbons (Fsp3) is 0.333. The van der Waals surface area contributed by atoms with Crippen LogP contribution >= 0.6 is 11.6 Å². The number of carbonyl (C=O) groups is 1. The van der Waals surface area contributed by atoms with Crippen LogP contribution in [-0.2, 0) is 0 Å². The van der Waals surface area contributed by atoms with Crippen LogP contribution < -0.4 is 11.1 Å². The molecule has 1 fully saturated rings. The number of hydrogen-bond donors (Lipinski definition) is 2. The summed E-state index contributed by atoms with van der Waals surface area (Å²) in [4.78, 5) is 25.5. The number of benzene rings is 1. The van der Waals surface area contributed by atoms with Crippen LogP contribution in [0, 0.1) is 10.1 Å². The molecule has 22 heavy (non-hydrogen) atoms. The lowest BCUT2D eigenvalue weighted by molar-refractivity contribution is -0.485. The Bertz CT molecular complexity index is 583. The molecule has 0 spiro atoms. The fourth-order valence-electron chi connectivity index (χ4n) is 2.02. The lowest BCUT2D eigenvalue weighted by Crippen LogP contribution is -2.53. The number of rotatable bonds is 2. The highest BCUT2D eigenvalue weighted by molar-refractivity contribution is 6.30. The lowest BCUT2D eigenvalue weighted by atomic mass is 10.3. The maximum atomic E-state index is 12.1. The van der Waals surface area contributed by atoms with Crippen LogP contribution in [0.15, 0.2) is 29.4 Å². The Labute approximate surface area is 131 Å². The number of nitrogens with zero attached hydrogens (tertiary/aromatic N) is 4. The van der Waals surface area contributed by atoms with Crippen molar-refractivity contribution in [1.82, 2.24) is 9.80 Å². The number of piperazine rings is 1. The van der Waals surface area contributed by atoms with Crippen LogP contribution in [0.5, 0.6) is 0 Å². The molecule has 0 aliphatic carbocycles. The van der Waals surface area contributed by atoms with E-state index >= 15 is 0 Å². The van der Waals surface area contributed by atoms with Gasteiger partial charge in [-0.05, 0) is 24.3 Å². The van der Waals surface area contributed by atoms with Crippen molar-refractivity contribution in [2.75, 3.05) is 31.5 Å². The van der Waals surface area contributed by atoms with Gasteiger partial charge in [0.05, 0.1) is 0 Å². The van der Waals surface area contributed by atoms with E-state index in [1.807, 2.05) is 0 Å². The van der Waals surface area contributed by atoms with Crippen molar-refractivity contribution in [1.29, 1.82) is 0 Å². The van der Waals surface area contributed by atoms with Gasteiger partial charge in [-0.3, -0.25) is 0 Å². The number of carbonyl (C=O) groups excluding carboxylic acids is 1. The first-order valence-corrected chi connectivity index (χ1v) is 6.88. The lowest BCUT2D eigenvalue weighted by Gasteiger charge is -2.34. The number of halogens is 1. The monoisotopic (exact) mass is 326 g/mol. The zero-order chi connectivity index (χ0) is 16.1. The Kier molecular flexibility index (Phi) is 4.99. The maximum Gasteiger partial charge on any atom is 0.321 e. The minimum Gasteiger partial charge on any atom is -0.365 e. The number of anilines is 1. The Hall–Kier alpha value is -2.55. The summed E-state index contributed by atoms with van der Waals surface area (Å²) in [6.45, 7) is 1.56. The van der Waals surface area contributed by atoms with Crippen LogP contribution in [0.2, 0.25) is 5.02 Å². The molecule has 118 valence electrons. The van der Waals surface area contributed by atoms with Gasteiger partial charge >= 0.3 is 6.03 Å². The molecule has 1 aromatic carbocycles. The topological polar surface area (TPSA) is 117 Å². The molecule has 1 aliphatic rings. The molecule has 0 radical (unpaired) electrons. The second-order valence-corrected chi connectivity index (χ2v) is 5.04. The highest BCUT2D eigenvalue weighted by Gasteiger charge is 2.23. The van der Waals surface area contributed by atoms with Crippen molar-refractivity contribution in [3.63, 3.8) is 0 Å². The summed E-state index contributed by atoms with van der Waals surface area (Å²) in [7, 11) is 0. The highest BCUT2D eigenvalue weighted by Crippen LogP contribution is 2.14. The largest absolute Gasteiger partial charge is 0.365 e. The van der Waals surface area contributed by atoms with E-state index in [9.17, 15) is 14.9 Å². The smallest absolute Gasteiger partial charge is 0.321 e. The van der Waals surface area contributed by atoms with Crippen LogP contribution in [-0.4, -0.2) is 53.0 Å². The fourth-order valence-corrected chi connectivity index (χ4v) is 2.15. The molecular weight excluding hydrogens is 312 g/mol. The molecule has 3 N–H and O–H groups in total. The third kappa shape index (κ3) is 4.22. The Morgan fingerprint density at radius 2 is 1.77 bits per heavy atom. The van der Waals surface area contributed by atoms with Crippen LogP contribution in [0.4, 0.5) is 10.5 Å². The number of hydrogen-bond acceptors (Lipinski definition) is 3. The zero-order valence-electron chi connectivity index (χ0n) is 11.6. The normalized spacial score (nSPS) is 15.6. The van der Waals surface area contributed by atoms with Crippen LogP contribution in [0.25, 0.3) is 0 Å². The molecule has 0 atom stereocenters. The summed E-state index contributed by atoms with van der Waals surface area (Å²) >= 11 is 5.78. The van der Waals surface area contributed by atoms with Gasteiger partial charge in [-0.1, -0.05) is 11.6 Å². The van der Waals surface area contributed by atoms with E-state index in [-0.39, 0.29) is 12.0 Å².